The van der Waals surface area contributed by atoms with Crippen molar-refractivity contribution in [3.05, 3.63) is 0 Å². The van der Waals surface area contributed by atoms with Crippen LogP contribution in [0.1, 0.15) is 33.1 Å². The molecule has 0 radical (unpaired) electrons. The van der Waals surface area contributed by atoms with Gasteiger partial charge in [0.25, 0.3) is 0 Å². The first-order valence-electron chi connectivity index (χ1n) is 3.57. The van der Waals surface area contributed by atoms with Gasteiger partial charge in [-0.05, 0) is 12.8 Å². The van der Waals surface area contributed by atoms with E-state index in [1.165, 1.54) is 0 Å². The van der Waals surface area contributed by atoms with Crippen molar-refractivity contribution in [2.75, 3.05) is 0 Å². The van der Waals surface area contributed by atoms with Crippen LogP contribution in [0, 0.1) is 28.1 Å². The summed E-state index contributed by atoms with van der Waals surface area (Å²) in [7, 11) is 0. The van der Waals surface area contributed by atoms with Crippen LogP contribution in [0.5, 0.6) is 0 Å². The Balaban J connectivity index is 4.24. The molecule has 0 spiro atoms. The summed E-state index contributed by atoms with van der Waals surface area (Å²) in [6.45, 7) is 3.86. The molecule has 0 aliphatic heterocycles. The molecule has 10 heavy (non-hydrogen) atoms. The minimum Gasteiger partial charge on any atom is -0.197 e. The fourth-order valence-corrected chi connectivity index (χ4v) is 0.898. The quantitative estimate of drug-likeness (QED) is 0.597. The van der Waals surface area contributed by atoms with Crippen molar-refractivity contribution in [1.82, 2.24) is 0 Å². The van der Waals surface area contributed by atoms with E-state index in [4.69, 9.17) is 10.5 Å². The Kier molecular flexibility index (Phi) is 3.51. The van der Waals surface area contributed by atoms with E-state index in [0.717, 1.165) is 6.42 Å². The maximum atomic E-state index is 8.64. The zero-order valence-corrected chi connectivity index (χ0v) is 6.52. The van der Waals surface area contributed by atoms with Gasteiger partial charge in [-0.1, -0.05) is 20.3 Å². The maximum Gasteiger partial charge on any atom is 0.143 e. The Labute approximate surface area is 62.1 Å². The molecule has 0 amide bonds. The fraction of sp³-hybridized carbons (Fsp3) is 0.750. The van der Waals surface area contributed by atoms with Crippen LogP contribution in [-0.4, -0.2) is 0 Å². The molecule has 2 heteroatoms. The number of nitrogens with zero attached hydrogens (tertiary/aromatic N) is 2. The molecule has 0 aromatic rings. The molecular formula is C8H12N2. The minimum atomic E-state index is -0.714. The highest BCUT2D eigenvalue weighted by molar-refractivity contribution is 5.12. The first kappa shape index (κ1) is 8.98. The van der Waals surface area contributed by atoms with Gasteiger partial charge in [-0.3, -0.25) is 0 Å². The van der Waals surface area contributed by atoms with Crippen LogP contribution in [0.25, 0.3) is 0 Å². The molecule has 0 aliphatic carbocycles. The van der Waals surface area contributed by atoms with Crippen molar-refractivity contribution in [1.29, 1.82) is 10.5 Å². The molecular weight excluding hydrogens is 124 g/mol. The SMILES string of the molecule is CCCC(C#N)(C#N)CC. The van der Waals surface area contributed by atoms with Crippen molar-refractivity contribution in [2.24, 2.45) is 5.41 Å². The van der Waals surface area contributed by atoms with Crippen molar-refractivity contribution in [3.63, 3.8) is 0 Å². The third-order valence-electron chi connectivity index (χ3n) is 1.71. The van der Waals surface area contributed by atoms with E-state index >= 15 is 0 Å². The van der Waals surface area contributed by atoms with E-state index in [-0.39, 0.29) is 0 Å². The Hall–Kier alpha value is -1.02. The first-order chi connectivity index (χ1) is 4.74. The average molecular weight is 136 g/mol. The van der Waals surface area contributed by atoms with Crippen LogP contribution >= 0.6 is 0 Å². The Morgan fingerprint density at radius 3 is 1.80 bits per heavy atom. The maximum absolute atomic E-state index is 8.64. The Bertz CT molecular complexity index is 157. The van der Waals surface area contributed by atoms with Gasteiger partial charge in [0.15, 0.2) is 0 Å². The Morgan fingerprint density at radius 2 is 1.70 bits per heavy atom. The summed E-state index contributed by atoms with van der Waals surface area (Å²) < 4.78 is 0. The summed E-state index contributed by atoms with van der Waals surface area (Å²) in [6.07, 6.45) is 2.22. The Morgan fingerprint density at radius 1 is 1.20 bits per heavy atom. The molecule has 0 unspecified atom stereocenters. The summed E-state index contributed by atoms with van der Waals surface area (Å²) in [6, 6.07) is 4.11. The lowest BCUT2D eigenvalue weighted by Crippen LogP contribution is -2.13. The monoisotopic (exact) mass is 136 g/mol. The summed E-state index contributed by atoms with van der Waals surface area (Å²) in [5.41, 5.74) is -0.714. The zero-order chi connectivity index (χ0) is 8.04. The standard InChI is InChI=1S/C8H12N2/c1-3-5-8(4-2,6-9)7-10/h3-5H2,1-2H3. The van der Waals surface area contributed by atoms with Gasteiger partial charge in [-0.2, -0.15) is 10.5 Å². The molecule has 0 atom stereocenters. The number of hydrogen-bond donors (Lipinski definition) is 0. The first-order valence-corrected chi connectivity index (χ1v) is 3.57. The van der Waals surface area contributed by atoms with Crippen molar-refractivity contribution < 1.29 is 0 Å². The van der Waals surface area contributed by atoms with Crippen LogP contribution < -0.4 is 0 Å². The second-order valence-corrected chi connectivity index (χ2v) is 2.41. The highest BCUT2D eigenvalue weighted by Gasteiger charge is 2.25. The van der Waals surface area contributed by atoms with Gasteiger partial charge in [0.1, 0.15) is 5.41 Å². The lowest BCUT2D eigenvalue weighted by atomic mass is 9.84. The van der Waals surface area contributed by atoms with Crippen LogP contribution in [0.2, 0.25) is 0 Å². The van der Waals surface area contributed by atoms with E-state index in [2.05, 4.69) is 12.1 Å². The topological polar surface area (TPSA) is 47.6 Å². The molecule has 0 aliphatic rings. The van der Waals surface area contributed by atoms with E-state index in [1.54, 1.807) is 0 Å². The van der Waals surface area contributed by atoms with Gasteiger partial charge in [-0.15, -0.1) is 0 Å². The molecule has 0 aromatic carbocycles. The van der Waals surface area contributed by atoms with Crippen molar-refractivity contribution in [3.8, 4) is 12.1 Å². The summed E-state index contributed by atoms with van der Waals surface area (Å²) >= 11 is 0. The summed E-state index contributed by atoms with van der Waals surface area (Å²) in [5.74, 6) is 0. The number of hydrogen-bond acceptors (Lipinski definition) is 2. The number of nitriles is 2. The fourth-order valence-electron chi connectivity index (χ4n) is 0.898. The highest BCUT2D eigenvalue weighted by Crippen LogP contribution is 2.25. The lowest BCUT2D eigenvalue weighted by Gasteiger charge is -2.13. The van der Waals surface area contributed by atoms with E-state index in [1.807, 2.05) is 13.8 Å². The molecule has 0 N–H and O–H groups in total. The third-order valence-corrected chi connectivity index (χ3v) is 1.71. The predicted molar refractivity (Wildman–Crippen MR) is 38.9 cm³/mol. The molecule has 54 valence electrons. The molecule has 0 fully saturated rings. The largest absolute Gasteiger partial charge is 0.197 e. The molecule has 0 rings (SSSR count). The highest BCUT2D eigenvalue weighted by atomic mass is 14.4. The van der Waals surface area contributed by atoms with E-state index < -0.39 is 5.41 Å². The molecule has 0 aromatic heterocycles. The predicted octanol–water partition coefficient (Wildman–Crippen LogP) is 2.23. The van der Waals surface area contributed by atoms with Crippen molar-refractivity contribution in [2.45, 2.75) is 33.1 Å². The molecule has 0 bridgehead atoms. The lowest BCUT2D eigenvalue weighted by molar-refractivity contribution is 0.454. The van der Waals surface area contributed by atoms with Gasteiger partial charge < -0.3 is 0 Å². The summed E-state index contributed by atoms with van der Waals surface area (Å²) in [4.78, 5) is 0. The molecule has 0 saturated heterocycles. The van der Waals surface area contributed by atoms with Crippen molar-refractivity contribution >= 4 is 0 Å². The van der Waals surface area contributed by atoms with Crippen LogP contribution in [0.15, 0.2) is 0 Å². The van der Waals surface area contributed by atoms with Gasteiger partial charge in [-0.25, -0.2) is 0 Å². The van der Waals surface area contributed by atoms with Crippen LogP contribution in [-0.2, 0) is 0 Å². The van der Waals surface area contributed by atoms with E-state index in [9.17, 15) is 0 Å². The number of rotatable bonds is 3. The summed E-state index contributed by atoms with van der Waals surface area (Å²) in [5, 5.41) is 17.3. The van der Waals surface area contributed by atoms with Crippen LogP contribution in [0.3, 0.4) is 0 Å². The normalized spacial score (nSPS) is 10.0. The van der Waals surface area contributed by atoms with E-state index in [0.29, 0.717) is 12.8 Å². The molecule has 0 saturated carbocycles. The smallest absolute Gasteiger partial charge is 0.143 e. The third kappa shape index (κ3) is 1.74. The van der Waals surface area contributed by atoms with Gasteiger partial charge >= 0.3 is 0 Å². The van der Waals surface area contributed by atoms with Gasteiger partial charge in [0.05, 0.1) is 12.1 Å². The van der Waals surface area contributed by atoms with Gasteiger partial charge in [0, 0.05) is 0 Å². The van der Waals surface area contributed by atoms with Crippen LogP contribution in [0.4, 0.5) is 0 Å². The minimum absolute atomic E-state index is 0.633. The zero-order valence-electron chi connectivity index (χ0n) is 6.52. The van der Waals surface area contributed by atoms with Gasteiger partial charge in [0.2, 0.25) is 0 Å². The second kappa shape index (κ2) is 3.90. The second-order valence-electron chi connectivity index (χ2n) is 2.41. The average Bonchev–Trinajstić information content (AvgIpc) is 2.01. The molecule has 2 nitrogen and oxygen atoms in total. The molecule has 0 heterocycles.